The zero-order valence-electron chi connectivity index (χ0n) is 6.95. The molecule has 1 rings (SSSR count). The number of aldehydes is 1. The van der Waals surface area contributed by atoms with Gasteiger partial charge in [-0.1, -0.05) is 0 Å². The number of rotatable bonds is 2. The highest BCUT2D eigenvalue weighted by Crippen LogP contribution is 2.15. The summed E-state index contributed by atoms with van der Waals surface area (Å²) in [7, 11) is 0. The Morgan fingerprint density at radius 2 is 2.21 bits per heavy atom. The topological polar surface area (TPSA) is 83.9 Å². The number of carbonyl (C=O) groups is 2. The van der Waals surface area contributed by atoms with Crippen molar-refractivity contribution in [3.8, 4) is 6.07 Å². The molecule has 0 fully saturated rings. The van der Waals surface area contributed by atoms with Crippen molar-refractivity contribution in [1.29, 1.82) is 5.26 Å². The third-order valence-electron chi connectivity index (χ3n) is 1.68. The minimum Gasteiger partial charge on any atom is -0.366 e. The number of benzene rings is 1. The zero-order chi connectivity index (χ0) is 10.7. The van der Waals surface area contributed by atoms with Crippen LogP contribution in [0.5, 0.6) is 0 Å². The van der Waals surface area contributed by atoms with Crippen molar-refractivity contribution in [3.05, 3.63) is 34.6 Å². The van der Waals surface area contributed by atoms with Crippen LogP contribution in [-0.2, 0) is 0 Å². The van der Waals surface area contributed by atoms with Crippen LogP contribution in [0.1, 0.15) is 26.3 Å². The maximum absolute atomic E-state index is 13.2. The first-order valence-corrected chi connectivity index (χ1v) is 3.59. The Hall–Kier alpha value is -2.22. The van der Waals surface area contributed by atoms with Crippen molar-refractivity contribution in [2.45, 2.75) is 0 Å². The predicted octanol–water partition coefficient (Wildman–Crippen LogP) is 0.609. The first-order valence-electron chi connectivity index (χ1n) is 3.59. The van der Waals surface area contributed by atoms with Crippen molar-refractivity contribution < 1.29 is 14.0 Å². The van der Waals surface area contributed by atoms with E-state index in [1.807, 2.05) is 0 Å². The van der Waals surface area contributed by atoms with Crippen molar-refractivity contribution >= 4 is 12.2 Å². The van der Waals surface area contributed by atoms with Crippen LogP contribution in [0.4, 0.5) is 4.39 Å². The molecule has 0 heterocycles. The molecular weight excluding hydrogens is 187 g/mol. The number of hydrogen-bond acceptors (Lipinski definition) is 3. The lowest BCUT2D eigenvalue weighted by atomic mass is 10.0. The second-order valence-corrected chi connectivity index (χ2v) is 2.48. The Morgan fingerprint density at radius 1 is 1.57 bits per heavy atom. The van der Waals surface area contributed by atoms with E-state index in [-0.39, 0.29) is 17.4 Å². The van der Waals surface area contributed by atoms with E-state index in [1.54, 1.807) is 6.07 Å². The second-order valence-electron chi connectivity index (χ2n) is 2.48. The van der Waals surface area contributed by atoms with Gasteiger partial charge in [-0.3, -0.25) is 9.59 Å². The van der Waals surface area contributed by atoms with Crippen molar-refractivity contribution in [3.63, 3.8) is 0 Å². The summed E-state index contributed by atoms with van der Waals surface area (Å²) in [5.41, 5.74) is 3.91. The van der Waals surface area contributed by atoms with Gasteiger partial charge >= 0.3 is 0 Å². The fourth-order valence-electron chi connectivity index (χ4n) is 1.01. The number of halogens is 1. The maximum atomic E-state index is 13.2. The van der Waals surface area contributed by atoms with Gasteiger partial charge in [-0.15, -0.1) is 0 Å². The smallest absolute Gasteiger partial charge is 0.249 e. The molecule has 1 aromatic carbocycles. The molecule has 0 spiro atoms. The molecule has 0 aliphatic rings. The molecule has 0 aliphatic heterocycles. The summed E-state index contributed by atoms with van der Waals surface area (Å²) in [5, 5.41) is 8.45. The minimum absolute atomic E-state index is 0.163. The van der Waals surface area contributed by atoms with E-state index in [0.717, 1.165) is 12.1 Å². The molecule has 0 aromatic heterocycles. The molecule has 5 heteroatoms. The Balaban J connectivity index is 3.53. The van der Waals surface area contributed by atoms with E-state index in [9.17, 15) is 14.0 Å². The summed E-state index contributed by atoms with van der Waals surface area (Å²) in [6.07, 6.45) is 0.163. The highest BCUT2D eigenvalue weighted by atomic mass is 19.1. The molecule has 0 radical (unpaired) electrons. The van der Waals surface area contributed by atoms with Crippen molar-refractivity contribution in [2.75, 3.05) is 0 Å². The lowest BCUT2D eigenvalue weighted by molar-refractivity contribution is 0.0992. The average Bonchev–Trinajstić information content (AvgIpc) is 2.17. The summed E-state index contributed by atoms with van der Waals surface area (Å²) >= 11 is 0. The van der Waals surface area contributed by atoms with Gasteiger partial charge in [0.1, 0.15) is 6.07 Å². The first kappa shape index (κ1) is 9.86. The lowest BCUT2D eigenvalue weighted by Crippen LogP contribution is -2.15. The number of hydrogen-bond donors (Lipinski definition) is 1. The fourth-order valence-corrected chi connectivity index (χ4v) is 1.01. The van der Waals surface area contributed by atoms with Gasteiger partial charge in [0.15, 0.2) is 12.1 Å². The van der Waals surface area contributed by atoms with Gasteiger partial charge in [-0.05, 0) is 12.1 Å². The first-order chi connectivity index (χ1) is 6.61. The third kappa shape index (κ3) is 1.45. The SMILES string of the molecule is N#Cc1ccc(C(N)=O)c(C=O)c1F. The monoisotopic (exact) mass is 192 g/mol. The Kier molecular flexibility index (Phi) is 2.58. The Morgan fingerprint density at radius 3 is 2.64 bits per heavy atom. The molecule has 0 saturated heterocycles. The van der Waals surface area contributed by atoms with Crippen LogP contribution in [0.3, 0.4) is 0 Å². The van der Waals surface area contributed by atoms with Crippen LogP contribution in [-0.4, -0.2) is 12.2 Å². The van der Waals surface area contributed by atoms with Gasteiger partial charge in [0, 0.05) is 0 Å². The van der Waals surface area contributed by atoms with E-state index in [1.165, 1.54) is 0 Å². The molecule has 0 saturated carbocycles. The molecule has 0 unspecified atom stereocenters. The van der Waals surface area contributed by atoms with Gasteiger partial charge in [-0.25, -0.2) is 4.39 Å². The minimum atomic E-state index is -1.01. The third-order valence-corrected chi connectivity index (χ3v) is 1.68. The van der Waals surface area contributed by atoms with Crippen LogP contribution >= 0.6 is 0 Å². The predicted molar refractivity (Wildman–Crippen MR) is 45.0 cm³/mol. The van der Waals surface area contributed by atoms with Crippen LogP contribution in [0.25, 0.3) is 0 Å². The van der Waals surface area contributed by atoms with Crippen molar-refractivity contribution in [1.82, 2.24) is 0 Å². The molecule has 2 N–H and O–H groups in total. The van der Waals surface area contributed by atoms with Gasteiger partial charge in [0.25, 0.3) is 0 Å². The molecule has 14 heavy (non-hydrogen) atoms. The largest absolute Gasteiger partial charge is 0.366 e. The number of nitriles is 1. The van der Waals surface area contributed by atoms with Gasteiger partial charge in [0.2, 0.25) is 5.91 Å². The Labute approximate surface area is 78.7 Å². The van der Waals surface area contributed by atoms with Crippen LogP contribution in [0.15, 0.2) is 12.1 Å². The van der Waals surface area contributed by atoms with E-state index in [4.69, 9.17) is 11.0 Å². The summed E-state index contributed by atoms with van der Waals surface area (Å²) in [4.78, 5) is 21.2. The number of primary amides is 1. The number of carbonyl (C=O) groups excluding carboxylic acids is 2. The normalized spacial score (nSPS) is 9.14. The van der Waals surface area contributed by atoms with Crippen LogP contribution < -0.4 is 5.73 Å². The molecule has 1 amide bonds. The van der Waals surface area contributed by atoms with Crippen molar-refractivity contribution in [2.24, 2.45) is 5.73 Å². The standard InChI is InChI=1S/C9H5FN2O2/c10-8-5(3-11)1-2-6(9(12)14)7(8)4-13/h1-2,4H,(H2,12,14). The van der Waals surface area contributed by atoms with Crippen LogP contribution in [0, 0.1) is 17.1 Å². The van der Waals surface area contributed by atoms with Crippen LogP contribution in [0.2, 0.25) is 0 Å². The molecule has 0 atom stereocenters. The Bertz CT molecular complexity index is 449. The molecule has 0 bridgehead atoms. The highest BCUT2D eigenvalue weighted by molar-refractivity contribution is 6.00. The summed E-state index contributed by atoms with van der Waals surface area (Å²) in [5.74, 6) is -1.92. The fraction of sp³-hybridized carbons (Fsp3) is 0. The van der Waals surface area contributed by atoms with E-state index >= 15 is 0 Å². The number of amides is 1. The average molecular weight is 192 g/mol. The summed E-state index contributed by atoms with van der Waals surface area (Å²) < 4.78 is 13.2. The zero-order valence-corrected chi connectivity index (χ0v) is 6.95. The molecule has 4 nitrogen and oxygen atoms in total. The van der Waals surface area contributed by atoms with E-state index in [0.29, 0.717) is 0 Å². The van der Waals surface area contributed by atoms with Gasteiger partial charge in [-0.2, -0.15) is 5.26 Å². The van der Waals surface area contributed by atoms with E-state index < -0.39 is 17.3 Å². The summed E-state index contributed by atoms with van der Waals surface area (Å²) in [6.45, 7) is 0. The summed E-state index contributed by atoms with van der Waals surface area (Å²) in [6, 6.07) is 3.80. The molecular formula is C9H5FN2O2. The lowest BCUT2D eigenvalue weighted by Gasteiger charge is -2.02. The molecule has 70 valence electrons. The quantitative estimate of drug-likeness (QED) is 0.696. The van der Waals surface area contributed by atoms with Gasteiger partial charge in [0.05, 0.1) is 16.7 Å². The molecule has 0 aliphatic carbocycles. The van der Waals surface area contributed by atoms with E-state index in [2.05, 4.69) is 0 Å². The molecule has 1 aromatic rings. The maximum Gasteiger partial charge on any atom is 0.249 e. The number of nitrogens with two attached hydrogens (primary N) is 1. The number of nitrogens with zero attached hydrogens (tertiary/aromatic N) is 1. The van der Waals surface area contributed by atoms with Gasteiger partial charge < -0.3 is 5.73 Å². The highest BCUT2D eigenvalue weighted by Gasteiger charge is 2.15. The second kappa shape index (κ2) is 3.66.